The Morgan fingerprint density at radius 3 is 2.63 bits per heavy atom. The minimum atomic E-state index is -4.45. The lowest BCUT2D eigenvalue weighted by Gasteiger charge is -2.23. The number of aryl methyl sites for hydroxylation is 1. The van der Waals surface area contributed by atoms with E-state index in [0.717, 1.165) is 5.56 Å². The van der Waals surface area contributed by atoms with Crippen LogP contribution in [-0.4, -0.2) is 36.7 Å². The molecule has 0 saturated carbocycles. The number of nitrogens with zero attached hydrogens (tertiary/aromatic N) is 1. The molecule has 0 aliphatic rings. The number of anilines is 1. The molecule has 0 bridgehead atoms. The summed E-state index contributed by atoms with van der Waals surface area (Å²) in [4.78, 5) is 12.4. The molecule has 1 aromatic carbocycles. The first-order chi connectivity index (χ1) is 8.81. The van der Waals surface area contributed by atoms with E-state index in [2.05, 4.69) is 5.32 Å². The first kappa shape index (κ1) is 15.3. The number of carbonyl (C=O) groups is 1. The Labute approximate surface area is 109 Å². The van der Waals surface area contributed by atoms with Crippen LogP contribution >= 0.6 is 0 Å². The smallest absolute Gasteiger partial charge is 0.329 e. The maximum Gasteiger partial charge on any atom is 0.406 e. The van der Waals surface area contributed by atoms with E-state index in [1.807, 2.05) is 13.0 Å². The van der Waals surface area contributed by atoms with Crippen LogP contribution in [0.15, 0.2) is 24.3 Å². The van der Waals surface area contributed by atoms with Crippen LogP contribution in [-0.2, 0) is 0 Å². The van der Waals surface area contributed by atoms with Gasteiger partial charge in [0.2, 0.25) is 0 Å². The van der Waals surface area contributed by atoms with Gasteiger partial charge in [-0.05, 0) is 24.6 Å². The van der Waals surface area contributed by atoms with E-state index in [1.54, 1.807) is 18.2 Å². The fraction of sp³-hybridized carbons (Fsp3) is 0.417. The number of benzene rings is 1. The van der Waals surface area contributed by atoms with Gasteiger partial charge in [0.05, 0.1) is 0 Å². The molecule has 0 fully saturated rings. The highest BCUT2D eigenvalue weighted by molar-refractivity contribution is 5.89. The predicted molar refractivity (Wildman–Crippen MR) is 66.9 cm³/mol. The Morgan fingerprint density at radius 2 is 2.11 bits per heavy atom. The molecular formula is C12H16F3N3O. The van der Waals surface area contributed by atoms with Crippen molar-refractivity contribution in [2.24, 2.45) is 5.73 Å². The molecule has 0 saturated heterocycles. The molecule has 1 rings (SSSR count). The molecule has 4 nitrogen and oxygen atoms in total. The van der Waals surface area contributed by atoms with Crippen molar-refractivity contribution < 1.29 is 18.0 Å². The van der Waals surface area contributed by atoms with E-state index in [9.17, 15) is 18.0 Å². The van der Waals surface area contributed by atoms with Crippen LogP contribution in [0.1, 0.15) is 5.56 Å². The lowest BCUT2D eigenvalue weighted by molar-refractivity contribution is -0.139. The number of urea groups is 1. The number of halogens is 3. The summed E-state index contributed by atoms with van der Waals surface area (Å²) in [6, 6.07) is 6.00. The van der Waals surface area contributed by atoms with Crippen molar-refractivity contribution in [3.05, 3.63) is 29.8 Å². The van der Waals surface area contributed by atoms with Gasteiger partial charge in [-0.1, -0.05) is 12.1 Å². The second-order valence-electron chi connectivity index (χ2n) is 4.13. The molecule has 3 N–H and O–H groups in total. The van der Waals surface area contributed by atoms with E-state index < -0.39 is 18.8 Å². The van der Waals surface area contributed by atoms with Gasteiger partial charge in [-0.15, -0.1) is 0 Å². The van der Waals surface area contributed by atoms with Crippen molar-refractivity contribution in [2.45, 2.75) is 13.1 Å². The monoisotopic (exact) mass is 275 g/mol. The van der Waals surface area contributed by atoms with Crippen molar-refractivity contribution in [1.29, 1.82) is 0 Å². The summed E-state index contributed by atoms with van der Waals surface area (Å²) in [7, 11) is 0. The third kappa shape index (κ3) is 5.60. The van der Waals surface area contributed by atoms with Gasteiger partial charge in [-0.25, -0.2) is 4.79 Å². The highest BCUT2D eigenvalue weighted by Gasteiger charge is 2.32. The molecule has 106 valence electrons. The number of nitrogens with two attached hydrogens (primary N) is 1. The van der Waals surface area contributed by atoms with Crippen LogP contribution in [0.4, 0.5) is 23.7 Å². The Morgan fingerprint density at radius 1 is 1.42 bits per heavy atom. The van der Waals surface area contributed by atoms with Crippen molar-refractivity contribution >= 4 is 11.7 Å². The summed E-state index contributed by atoms with van der Waals surface area (Å²) < 4.78 is 37.0. The van der Waals surface area contributed by atoms with Crippen LogP contribution in [0.5, 0.6) is 0 Å². The molecule has 19 heavy (non-hydrogen) atoms. The number of carbonyl (C=O) groups excluding carboxylic acids is 1. The van der Waals surface area contributed by atoms with Gasteiger partial charge >= 0.3 is 12.2 Å². The minimum absolute atomic E-state index is 0.0304. The fourth-order valence-electron chi connectivity index (χ4n) is 1.55. The van der Waals surface area contributed by atoms with E-state index in [4.69, 9.17) is 5.73 Å². The largest absolute Gasteiger partial charge is 0.406 e. The lowest BCUT2D eigenvalue weighted by Crippen LogP contribution is -2.43. The molecule has 0 aliphatic heterocycles. The third-order valence-electron chi connectivity index (χ3n) is 2.33. The molecule has 0 radical (unpaired) electrons. The molecule has 7 heteroatoms. The number of nitrogens with one attached hydrogen (secondary N) is 1. The number of hydrogen-bond donors (Lipinski definition) is 2. The van der Waals surface area contributed by atoms with Crippen LogP contribution < -0.4 is 11.1 Å². The Bertz CT molecular complexity index is 434. The van der Waals surface area contributed by atoms with Crippen molar-refractivity contribution in [3.63, 3.8) is 0 Å². The average Bonchev–Trinajstić information content (AvgIpc) is 2.26. The Kier molecular flexibility index (Phi) is 5.17. The number of amides is 2. The highest BCUT2D eigenvalue weighted by atomic mass is 19.4. The molecular weight excluding hydrogens is 259 g/mol. The second kappa shape index (κ2) is 6.42. The van der Waals surface area contributed by atoms with Crippen molar-refractivity contribution in [3.8, 4) is 0 Å². The summed E-state index contributed by atoms with van der Waals surface area (Å²) in [5.74, 6) is 0. The minimum Gasteiger partial charge on any atom is -0.329 e. The zero-order valence-electron chi connectivity index (χ0n) is 10.5. The van der Waals surface area contributed by atoms with Crippen LogP contribution in [0.25, 0.3) is 0 Å². The van der Waals surface area contributed by atoms with E-state index in [-0.39, 0.29) is 13.1 Å². The van der Waals surface area contributed by atoms with E-state index in [0.29, 0.717) is 10.6 Å². The normalized spacial score (nSPS) is 11.2. The van der Waals surface area contributed by atoms with Crippen LogP contribution in [0.3, 0.4) is 0 Å². The first-order valence-electron chi connectivity index (χ1n) is 5.71. The van der Waals surface area contributed by atoms with Crippen LogP contribution in [0, 0.1) is 6.92 Å². The van der Waals surface area contributed by atoms with E-state index in [1.165, 1.54) is 0 Å². The molecule has 0 aromatic heterocycles. The third-order valence-corrected chi connectivity index (χ3v) is 2.33. The molecule has 0 unspecified atom stereocenters. The molecule has 1 aromatic rings. The fourth-order valence-corrected chi connectivity index (χ4v) is 1.55. The maximum atomic E-state index is 12.3. The first-order valence-corrected chi connectivity index (χ1v) is 5.71. The van der Waals surface area contributed by atoms with Gasteiger partial charge in [-0.3, -0.25) is 0 Å². The Hall–Kier alpha value is -1.76. The molecule has 0 heterocycles. The summed E-state index contributed by atoms with van der Waals surface area (Å²) >= 11 is 0. The molecule has 0 atom stereocenters. The van der Waals surface area contributed by atoms with Gasteiger partial charge in [0.1, 0.15) is 6.54 Å². The number of hydrogen-bond acceptors (Lipinski definition) is 2. The van der Waals surface area contributed by atoms with Crippen molar-refractivity contribution in [1.82, 2.24) is 4.90 Å². The SMILES string of the molecule is Cc1cccc(NC(=O)N(CCN)CC(F)(F)F)c1. The van der Waals surface area contributed by atoms with Crippen LogP contribution in [0.2, 0.25) is 0 Å². The van der Waals surface area contributed by atoms with Gasteiger partial charge in [-0.2, -0.15) is 13.2 Å². The number of alkyl halides is 3. The molecule has 0 spiro atoms. The van der Waals surface area contributed by atoms with Gasteiger partial charge < -0.3 is 16.0 Å². The topological polar surface area (TPSA) is 58.4 Å². The van der Waals surface area contributed by atoms with E-state index >= 15 is 0 Å². The molecule has 2 amide bonds. The second-order valence-corrected chi connectivity index (χ2v) is 4.13. The predicted octanol–water partition coefficient (Wildman–Crippen LogP) is 2.35. The zero-order chi connectivity index (χ0) is 14.5. The van der Waals surface area contributed by atoms with Gasteiger partial charge in [0.15, 0.2) is 0 Å². The maximum absolute atomic E-state index is 12.3. The summed E-state index contributed by atoms with van der Waals surface area (Å²) in [5.41, 5.74) is 6.57. The summed E-state index contributed by atoms with van der Waals surface area (Å²) in [6.07, 6.45) is -4.45. The Balaban J connectivity index is 2.71. The average molecular weight is 275 g/mol. The lowest BCUT2D eigenvalue weighted by atomic mass is 10.2. The quantitative estimate of drug-likeness (QED) is 0.886. The van der Waals surface area contributed by atoms with Gasteiger partial charge in [0.25, 0.3) is 0 Å². The standard InChI is InChI=1S/C12H16F3N3O/c1-9-3-2-4-10(7-9)17-11(19)18(6-5-16)8-12(13,14)15/h2-4,7H,5-6,8,16H2,1H3,(H,17,19). The van der Waals surface area contributed by atoms with Gasteiger partial charge in [0, 0.05) is 18.8 Å². The highest BCUT2D eigenvalue weighted by Crippen LogP contribution is 2.17. The van der Waals surface area contributed by atoms with Crippen molar-refractivity contribution in [2.75, 3.05) is 25.0 Å². The molecule has 0 aliphatic carbocycles. The summed E-state index contributed by atoms with van der Waals surface area (Å²) in [5, 5.41) is 2.42. The summed E-state index contributed by atoms with van der Waals surface area (Å²) in [6.45, 7) is 0.319. The number of rotatable bonds is 4. The zero-order valence-corrected chi connectivity index (χ0v) is 10.5.